The predicted octanol–water partition coefficient (Wildman–Crippen LogP) is 4.76. The van der Waals surface area contributed by atoms with Crippen LogP contribution in [0.25, 0.3) is 6.08 Å². The van der Waals surface area contributed by atoms with Crippen LogP contribution < -0.4 is 5.32 Å². The molecule has 1 unspecified atom stereocenters. The first-order chi connectivity index (χ1) is 11.6. The van der Waals surface area contributed by atoms with Crippen molar-refractivity contribution in [1.82, 2.24) is 5.32 Å². The number of amides is 1. The molecule has 2 nitrogen and oxygen atoms in total. The minimum Gasteiger partial charge on any atom is -0.346 e. The molecule has 0 heterocycles. The van der Waals surface area contributed by atoms with Crippen LogP contribution in [0.3, 0.4) is 0 Å². The lowest BCUT2D eigenvalue weighted by atomic mass is 9.89. The third kappa shape index (κ3) is 4.14. The summed E-state index contributed by atoms with van der Waals surface area (Å²) in [6, 6.07) is 14.8. The Kier molecular flexibility index (Phi) is 5.14. The molecule has 2 aromatic rings. The fourth-order valence-electron chi connectivity index (χ4n) is 3.22. The van der Waals surface area contributed by atoms with Crippen LogP contribution in [0.15, 0.2) is 48.5 Å². The molecule has 1 aliphatic rings. The van der Waals surface area contributed by atoms with Crippen LogP contribution >= 0.6 is 0 Å². The van der Waals surface area contributed by atoms with Crippen molar-refractivity contribution in [2.24, 2.45) is 0 Å². The molecule has 24 heavy (non-hydrogen) atoms. The highest BCUT2D eigenvalue weighted by Gasteiger charge is 2.13. The highest BCUT2D eigenvalue weighted by molar-refractivity contribution is 5.91. The number of fused-ring (bicyclic) bond motifs is 1. The van der Waals surface area contributed by atoms with Crippen LogP contribution in [0, 0.1) is 6.92 Å². The molecule has 0 spiro atoms. The smallest absolute Gasteiger partial charge is 0.244 e. The highest BCUT2D eigenvalue weighted by atomic mass is 16.1. The minimum atomic E-state index is -0.0548. The maximum absolute atomic E-state index is 12.2. The van der Waals surface area contributed by atoms with Gasteiger partial charge in [-0.15, -0.1) is 0 Å². The first-order valence-corrected chi connectivity index (χ1v) is 8.79. The Morgan fingerprint density at radius 3 is 2.50 bits per heavy atom. The summed E-state index contributed by atoms with van der Waals surface area (Å²) in [6.45, 7) is 4.10. The Balaban J connectivity index is 1.62. The molecule has 1 amide bonds. The first-order valence-electron chi connectivity index (χ1n) is 8.79. The minimum absolute atomic E-state index is 0.0207. The summed E-state index contributed by atoms with van der Waals surface area (Å²) in [6.07, 6.45) is 8.39. The lowest BCUT2D eigenvalue weighted by Crippen LogP contribution is -2.24. The van der Waals surface area contributed by atoms with Crippen molar-refractivity contribution < 1.29 is 4.79 Å². The summed E-state index contributed by atoms with van der Waals surface area (Å²) < 4.78 is 0. The third-order valence-corrected chi connectivity index (χ3v) is 4.74. The molecule has 1 atom stereocenters. The van der Waals surface area contributed by atoms with Gasteiger partial charge in [0.05, 0.1) is 6.04 Å². The molecule has 1 N–H and O–H groups in total. The summed E-state index contributed by atoms with van der Waals surface area (Å²) in [4.78, 5) is 12.2. The van der Waals surface area contributed by atoms with Gasteiger partial charge >= 0.3 is 0 Å². The molecule has 0 bridgehead atoms. The van der Waals surface area contributed by atoms with Gasteiger partial charge in [0.15, 0.2) is 0 Å². The van der Waals surface area contributed by atoms with Gasteiger partial charge in [0.2, 0.25) is 5.91 Å². The van der Waals surface area contributed by atoms with Crippen molar-refractivity contribution in [3.63, 3.8) is 0 Å². The second-order valence-electron chi connectivity index (χ2n) is 6.71. The Labute approximate surface area is 144 Å². The molecule has 0 aromatic heterocycles. The van der Waals surface area contributed by atoms with Gasteiger partial charge in [0.1, 0.15) is 0 Å². The van der Waals surface area contributed by atoms with Gasteiger partial charge in [-0.25, -0.2) is 0 Å². The third-order valence-electron chi connectivity index (χ3n) is 4.74. The number of aryl methyl sites for hydroxylation is 3. The fraction of sp³-hybridized carbons (Fsp3) is 0.318. The van der Waals surface area contributed by atoms with Crippen LogP contribution in [0.2, 0.25) is 0 Å². The Hall–Kier alpha value is -2.35. The van der Waals surface area contributed by atoms with E-state index in [4.69, 9.17) is 0 Å². The van der Waals surface area contributed by atoms with E-state index in [1.807, 2.05) is 37.3 Å². The van der Waals surface area contributed by atoms with Crippen LogP contribution in [0.1, 0.15) is 53.6 Å². The standard InChI is InChI=1S/C22H25NO/c1-16-7-9-18(10-8-16)11-14-22(24)23-17(2)20-13-12-19-5-3-4-6-21(19)15-20/h7-15,17H,3-6H2,1-2H3,(H,23,24)/b14-11+. The van der Waals surface area contributed by atoms with E-state index in [0.29, 0.717) is 0 Å². The van der Waals surface area contributed by atoms with Crippen molar-refractivity contribution >= 4 is 12.0 Å². The van der Waals surface area contributed by atoms with E-state index in [-0.39, 0.29) is 11.9 Å². The number of nitrogens with one attached hydrogen (secondary N) is 1. The Morgan fingerprint density at radius 1 is 1.04 bits per heavy atom. The predicted molar refractivity (Wildman–Crippen MR) is 99.9 cm³/mol. The summed E-state index contributed by atoms with van der Waals surface area (Å²) in [5.41, 5.74) is 6.38. The fourth-order valence-corrected chi connectivity index (χ4v) is 3.22. The van der Waals surface area contributed by atoms with Crippen molar-refractivity contribution in [3.8, 4) is 0 Å². The van der Waals surface area contributed by atoms with E-state index in [9.17, 15) is 4.79 Å². The molecule has 2 heteroatoms. The summed E-state index contributed by atoms with van der Waals surface area (Å²) in [5.74, 6) is -0.0548. The normalized spacial score (nSPS) is 15.1. The molecule has 0 saturated carbocycles. The largest absolute Gasteiger partial charge is 0.346 e. The zero-order chi connectivity index (χ0) is 16.9. The lowest BCUT2D eigenvalue weighted by Gasteiger charge is -2.19. The van der Waals surface area contributed by atoms with Crippen molar-refractivity contribution in [2.75, 3.05) is 0 Å². The molecular formula is C22H25NO. The number of benzene rings is 2. The van der Waals surface area contributed by atoms with Gasteiger partial charge in [0, 0.05) is 6.08 Å². The van der Waals surface area contributed by atoms with Crippen LogP contribution in [-0.2, 0) is 17.6 Å². The average Bonchev–Trinajstić information content (AvgIpc) is 2.61. The maximum Gasteiger partial charge on any atom is 0.244 e. The molecule has 2 aromatic carbocycles. The zero-order valence-corrected chi connectivity index (χ0v) is 14.5. The molecular weight excluding hydrogens is 294 g/mol. The highest BCUT2D eigenvalue weighted by Crippen LogP contribution is 2.24. The molecule has 0 saturated heterocycles. The van der Waals surface area contributed by atoms with Crippen molar-refractivity contribution in [1.29, 1.82) is 0 Å². The maximum atomic E-state index is 12.2. The molecule has 0 radical (unpaired) electrons. The van der Waals surface area contributed by atoms with Crippen molar-refractivity contribution in [3.05, 3.63) is 76.4 Å². The van der Waals surface area contributed by atoms with E-state index >= 15 is 0 Å². The number of hydrogen-bond acceptors (Lipinski definition) is 1. The summed E-state index contributed by atoms with van der Waals surface area (Å²) in [7, 11) is 0. The first kappa shape index (κ1) is 16.5. The van der Waals surface area contributed by atoms with Crippen LogP contribution in [0.4, 0.5) is 0 Å². The SMILES string of the molecule is Cc1ccc(/C=C/C(=O)NC(C)c2ccc3c(c2)CCCC3)cc1. The van der Waals surface area contributed by atoms with Gasteiger partial charge < -0.3 is 5.32 Å². The summed E-state index contributed by atoms with van der Waals surface area (Å²) >= 11 is 0. The second kappa shape index (κ2) is 7.48. The number of hydrogen-bond donors (Lipinski definition) is 1. The van der Waals surface area contributed by atoms with Gasteiger partial charge in [-0.2, -0.15) is 0 Å². The monoisotopic (exact) mass is 319 g/mol. The van der Waals surface area contributed by atoms with Gasteiger partial charge in [-0.05, 0) is 67.9 Å². The summed E-state index contributed by atoms with van der Waals surface area (Å²) in [5, 5.41) is 3.06. The molecule has 124 valence electrons. The molecule has 3 rings (SSSR count). The van der Waals surface area contributed by atoms with E-state index < -0.39 is 0 Å². The topological polar surface area (TPSA) is 29.1 Å². The van der Waals surface area contributed by atoms with E-state index in [1.165, 1.54) is 41.5 Å². The number of carbonyl (C=O) groups excluding carboxylic acids is 1. The quantitative estimate of drug-likeness (QED) is 0.809. The second-order valence-corrected chi connectivity index (χ2v) is 6.71. The van der Waals surface area contributed by atoms with E-state index in [1.54, 1.807) is 6.08 Å². The Bertz CT molecular complexity index is 743. The Morgan fingerprint density at radius 2 is 1.75 bits per heavy atom. The lowest BCUT2D eigenvalue weighted by molar-refractivity contribution is -0.117. The molecule has 1 aliphatic carbocycles. The molecule has 0 fully saturated rings. The average molecular weight is 319 g/mol. The van der Waals surface area contributed by atoms with Gasteiger partial charge in [0.25, 0.3) is 0 Å². The van der Waals surface area contributed by atoms with E-state index in [0.717, 1.165) is 12.0 Å². The number of rotatable bonds is 4. The molecule has 0 aliphatic heterocycles. The van der Waals surface area contributed by atoms with Crippen molar-refractivity contribution in [2.45, 2.75) is 45.6 Å². The number of carbonyl (C=O) groups is 1. The van der Waals surface area contributed by atoms with E-state index in [2.05, 4.69) is 30.4 Å². The zero-order valence-electron chi connectivity index (χ0n) is 14.5. The van der Waals surface area contributed by atoms with Gasteiger partial charge in [-0.3, -0.25) is 4.79 Å². The van der Waals surface area contributed by atoms with Gasteiger partial charge in [-0.1, -0.05) is 48.0 Å². The van der Waals surface area contributed by atoms with Crippen LogP contribution in [-0.4, -0.2) is 5.91 Å². The van der Waals surface area contributed by atoms with Crippen LogP contribution in [0.5, 0.6) is 0 Å².